The van der Waals surface area contributed by atoms with Crippen molar-refractivity contribution in [2.45, 2.75) is 75.5 Å². The van der Waals surface area contributed by atoms with Crippen LogP contribution in [0.15, 0.2) is 91.0 Å². The fourth-order valence-electron chi connectivity index (χ4n) is 7.74. The van der Waals surface area contributed by atoms with Gasteiger partial charge in [0.1, 0.15) is 0 Å². The van der Waals surface area contributed by atoms with Crippen LogP contribution in [-0.4, -0.2) is 17.3 Å². The van der Waals surface area contributed by atoms with Crippen LogP contribution in [0.25, 0.3) is 0 Å². The first-order valence-electron chi connectivity index (χ1n) is 15.6. The van der Waals surface area contributed by atoms with E-state index >= 15 is 0 Å². The van der Waals surface area contributed by atoms with Gasteiger partial charge >= 0.3 is 0 Å². The molecule has 0 amide bonds. The Bertz CT molecular complexity index is 1480. The zero-order valence-corrected chi connectivity index (χ0v) is 24.0. The number of carbonyl (C=O) groups is 3. The van der Waals surface area contributed by atoms with Crippen LogP contribution in [0.3, 0.4) is 0 Å². The number of hydrogen-bond acceptors (Lipinski definition) is 3. The maximum absolute atomic E-state index is 14.2. The SMILES string of the molecule is O=C(c1cc(C(=O)C2CCCc3ccccc32)cc(C(=O)C2CCCc3ccccc32)c1)C1CCCc2ccccc21. The third kappa shape index (κ3) is 4.85. The van der Waals surface area contributed by atoms with Gasteiger partial charge in [0.25, 0.3) is 0 Å². The highest BCUT2D eigenvalue weighted by Crippen LogP contribution is 2.39. The van der Waals surface area contributed by atoms with Gasteiger partial charge in [-0.25, -0.2) is 0 Å². The molecule has 210 valence electrons. The zero-order chi connectivity index (χ0) is 28.6. The summed E-state index contributed by atoms with van der Waals surface area (Å²) in [5, 5.41) is 0. The molecule has 0 aliphatic heterocycles. The Kier molecular flexibility index (Phi) is 7.19. The van der Waals surface area contributed by atoms with E-state index in [9.17, 15) is 14.4 Å². The van der Waals surface area contributed by atoms with E-state index in [1.165, 1.54) is 16.7 Å². The molecule has 0 heterocycles. The highest BCUT2D eigenvalue weighted by atomic mass is 16.1. The van der Waals surface area contributed by atoms with Crippen molar-refractivity contribution in [3.05, 3.63) is 141 Å². The summed E-state index contributed by atoms with van der Waals surface area (Å²) >= 11 is 0. The summed E-state index contributed by atoms with van der Waals surface area (Å²) in [6, 6.07) is 30.0. The second-order valence-electron chi connectivity index (χ2n) is 12.3. The molecule has 0 N–H and O–H groups in total. The molecular weight excluding hydrogens is 516 g/mol. The van der Waals surface area contributed by atoms with Crippen LogP contribution < -0.4 is 0 Å². The first-order chi connectivity index (χ1) is 20.6. The molecule has 3 atom stereocenters. The van der Waals surface area contributed by atoms with E-state index in [2.05, 4.69) is 36.4 Å². The van der Waals surface area contributed by atoms with Crippen LogP contribution in [0.1, 0.15) is 121 Å². The van der Waals surface area contributed by atoms with Gasteiger partial charge in [-0.05, 0) is 109 Å². The number of ketones is 3. The molecule has 3 aliphatic carbocycles. The predicted octanol–water partition coefficient (Wildman–Crippen LogP) is 8.60. The normalized spacial score (nSPS) is 21.0. The maximum Gasteiger partial charge on any atom is 0.170 e. The molecule has 0 saturated carbocycles. The molecule has 4 aromatic rings. The third-order valence-electron chi connectivity index (χ3n) is 9.84. The van der Waals surface area contributed by atoms with E-state index in [1.54, 1.807) is 18.2 Å². The molecule has 4 aromatic carbocycles. The second kappa shape index (κ2) is 11.3. The minimum absolute atomic E-state index is 0.0129. The molecule has 0 bridgehead atoms. The molecule has 0 spiro atoms. The lowest BCUT2D eigenvalue weighted by Crippen LogP contribution is -2.23. The molecule has 0 saturated heterocycles. The summed E-state index contributed by atoms with van der Waals surface area (Å²) in [5.74, 6) is -0.728. The summed E-state index contributed by atoms with van der Waals surface area (Å²) in [4.78, 5) is 42.7. The Morgan fingerprint density at radius 1 is 0.429 bits per heavy atom. The fourth-order valence-corrected chi connectivity index (χ4v) is 7.74. The van der Waals surface area contributed by atoms with Gasteiger partial charge in [0.15, 0.2) is 17.3 Å². The van der Waals surface area contributed by atoms with Gasteiger partial charge in [0.2, 0.25) is 0 Å². The quantitative estimate of drug-likeness (QED) is 0.225. The highest BCUT2D eigenvalue weighted by molar-refractivity contribution is 6.10. The zero-order valence-electron chi connectivity index (χ0n) is 24.0. The van der Waals surface area contributed by atoms with Crippen molar-refractivity contribution >= 4 is 17.3 Å². The summed E-state index contributed by atoms with van der Waals surface area (Å²) in [6.07, 6.45) is 8.13. The van der Waals surface area contributed by atoms with Crippen LogP contribution >= 0.6 is 0 Å². The van der Waals surface area contributed by atoms with Crippen LogP contribution in [0.2, 0.25) is 0 Å². The molecule has 0 aromatic heterocycles. The highest BCUT2D eigenvalue weighted by Gasteiger charge is 2.33. The Labute approximate surface area is 248 Å². The Morgan fingerprint density at radius 3 is 1.02 bits per heavy atom. The van der Waals surface area contributed by atoms with Crippen LogP contribution in [0, 0.1) is 0 Å². The fraction of sp³-hybridized carbons (Fsp3) is 0.308. The van der Waals surface area contributed by atoms with Gasteiger partial charge in [-0.3, -0.25) is 14.4 Å². The average Bonchev–Trinajstić information content (AvgIpc) is 3.06. The predicted molar refractivity (Wildman–Crippen MR) is 166 cm³/mol. The summed E-state index contributed by atoms with van der Waals surface area (Å²) in [5.41, 5.74) is 8.38. The van der Waals surface area contributed by atoms with Gasteiger partial charge in [0, 0.05) is 34.4 Å². The molecule has 0 fully saturated rings. The molecule has 3 aliphatic rings. The van der Waals surface area contributed by atoms with E-state index in [1.807, 2.05) is 36.4 Å². The van der Waals surface area contributed by atoms with E-state index in [-0.39, 0.29) is 35.1 Å². The minimum atomic E-state index is -0.255. The average molecular weight is 553 g/mol. The lowest BCUT2D eigenvalue weighted by Gasteiger charge is -2.27. The maximum atomic E-state index is 14.2. The van der Waals surface area contributed by atoms with E-state index in [4.69, 9.17) is 0 Å². The third-order valence-corrected chi connectivity index (χ3v) is 9.84. The number of Topliss-reactive ketones (excluding diaryl/α,β-unsaturated/α-hetero) is 3. The molecule has 3 heteroatoms. The van der Waals surface area contributed by atoms with Crippen molar-refractivity contribution in [1.29, 1.82) is 0 Å². The van der Waals surface area contributed by atoms with Crippen molar-refractivity contribution < 1.29 is 14.4 Å². The molecule has 3 nitrogen and oxygen atoms in total. The van der Waals surface area contributed by atoms with Crippen LogP contribution in [0.5, 0.6) is 0 Å². The Morgan fingerprint density at radius 2 is 0.714 bits per heavy atom. The largest absolute Gasteiger partial charge is 0.293 e. The Balaban J connectivity index is 1.31. The summed E-state index contributed by atoms with van der Waals surface area (Å²) in [6.45, 7) is 0. The topological polar surface area (TPSA) is 51.2 Å². The van der Waals surface area contributed by atoms with Crippen LogP contribution in [0.4, 0.5) is 0 Å². The van der Waals surface area contributed by atoms with Gasteiger partial charge in [0.05, 0.1) is 0 Å². The molecule has 3 unspecified atom stereocenters. The van der Waals surface area contributed by atoms with Gasteiger partial charge in [-0.1, -0.05) is 72.8 Å². The molecule has 0 radical (unpaired) electrons. The van der Waals surface area contributed by atoms with Crippen LogP contribution in [-0.2, 0) is 19.3 Å². The standard InChI is InChI=1S/C39H36O3/c40-37(34-19-7-13-25-10-1-4-16-31(25)34)28-22-29(38(41)35-20-8-14-26-11-2-5-17-32(26)35)24-30(23-28)39(42)36-21-9-15-27-12-3-6-18-33(27)36/h1-6,10-12,16-18,22-24,34-36H,7-9,13-15,19-21H2. The van der Waals surface area contributed by atoms with E-state index in [0.717, 1.165) is 74.5 Å². The monoisotopic (exact) mass is 552 g/mol. The van der Waals surface area contributed by atoms with Gasteiger partial charge < -0.3 is 0 Å². The number of carbonyl (C=O) groups excluding carboxylic acids is 3. The second-order valence-corrected chi connectivity index (χ2v) is 12.3. The number of rotatable bonds is 6. The van der Waals surface area contributed by atoms with Crippen molar-refractivity contribution in [2.75, 3.05) is 0 Å². The number of fused-ring (bicyclic) bond motifs is 3. The lowest BCUT2D eigenvalue weighted by atomic mass is 9.75. The van der Waals surface area contributed by atoms with Crippen molar-refractivity contribution in [1.82, 2.24) is 0 Å². The van der Waals surface area contributed by atoms with E-state index < -0.39 is 0 Å². The molecule has 7 rings (SSSR count). The summed E-state index contributed by atoms with van der Waals surface area (Å²) < 4.78 is 0. The number of aryl methyl sites for hydroxylation is 3. The minimum Gasteiger partial charge on any atom is -0.293 e. The Hall–Kier alpha value is -4.11. The van der Waals surface area contributed by atoms with Gasteiger partial charge in [-0.15, -0.1) is 0 Å². The summed E-state index contributed by atoms with van der Waals surface area (Å²) in [7, 11) is 0. The first-order valence-corrected chi connectivity index (χ1v) is 15.6. The van der Waals surface area contributed by atoms with Crippen molar-refractivity contribution in [2.24, 2.45) is 0 Å². The number of hydrogen-bond donors (Lipinski definition) is 0. The van der Waals surface area contributed by atoms with Gasteiger partial charge in [-0.2, -0.15) is 0 Å². The first kappa shape index (κ1) is 26.8. The van der Waals surface area contributed by atoms with Crippen molar-refractivity contribution in [3.63, 3.8) is 0 Å². The lowest BCUT2D eigenvalue weighted by molar-refractivity contribution is 0.0950. The smallest absolute Gasteiger partial charge is 0.170 e. The van der Waals surface area contributed by atoms with Crippen molar-refractivity contribution in [3.8, 4) is 0 Å². The van der Waals surface area contributed by atoms with E-state index in [0.29, 0.717) is 16.7 Å². The molecule has 42 heavy (non-hydrogen) atoms. The number of benzene rings is 4. The molecular formula is C39H36O3.